The van der Waals surface area contributed by atoms with Crippen molar-refractivity contribution < 1.29 is 0 Å². The summed E-state index contributed by atoms with van der Waals surface area (Å²) in [5.74, 6) is 0. The third kappa shape index (κ3) is 3.13. The number of hydrogen-bond acceptors (Lipinski definition) is 3. The van der Waals surface area contributed by atoms with Crippen molar-refractivity contribution in [2.24, 2.45) is 5.73 Å². The molecular formula is C11H21N3S. The fourth-order valence-electron chi connectivity index (χ4n) is 2.75. The van der Waals surface area contributed by atoms with E-state index in [9.17, 15) is 0 Å². The second kappa shape index (κ2) is 5.23. The van der Waals surface area contributed by atoms with E-state index in [0.29, 0.717) is 4.99 Å². The van der Waals surface area contributed by atoms with Gasteiger partial charge in [-0.15, -0.1) is 0 Å². The Labute approximate surface area is 97.6 Å². The highest BCUT2D eigenvalue weighted by Crippen LogP contribution is 2.21. The minimum Gasteiger partial charge on any atom is -0.393 e. The molecule has 0 bridgehead atoms. The largest absolute Gasteiger partial charge is 0.393 e. The summed E-state index contributed by atoms with van der Waals surface area (Å²) < 4.78 is 0. The van der Waals surface area contributed by atoms with E-state index in [2.05, 4.69) is 9.80 Å². The second-order valence-electron chi connectivity index (χ2n) is 4.70. The number of nitrogens with zero attached hydrogens (tertiary/aromatic N) is 2. The van der Waals surface area contributed by atoms with Gasteiger partial charge in [0.15, 0.2) is 0 Å². The Morgan fingerprint density at radius 3 is 2.87 bits per heavy atom. The van der Waals surface area contributed by atoms with Crippen LogP contribution in [0.4, 0.5) is 0 Å². The highest BCUT2D eigenvalue weighted by Gasteiger charge is 2.28. The molecule has 0 aliphatic carbocycles. The van der Waals surface area contributed by atoms with Gasteiger partial charge in [-0.3, -0.25) is 4.90 Å². The van der Waals surface area contributed by atoms with Crippen molar-refractivity contribution in [1.29, 1.82) is 0 Å². The summed E-state index contributed by atoms with van der Waals surface area (Å²) in [5, 5.41) is 0. The zero-order chi connectivity index (χ0) is 10.7. The zero-order valence-corrected chi connectivity index (χ0v) is 10.1. The molecule has 2 heterocycles. The minimum absolute atomic E-state index is 0.655. The average Bonchev–Trinajstić information content (AvgIpc) is 2.53. The van der Waals surface area contributed by atoms with Gasteiger partial charge in [0.05, 0.1) is 4.99 Å². The van der Waals surface area contributed by atoms with E-state index in [-0.39, 0.29) is 0 Å². The molecule has 3 nitrogen and oxygen atoms in total. The monoisotopic (exact) mass is 227 g/mol. The summed E-state index contributed by atoms with van der Waals surface area (Å²) in [7, 11) is 0. The lowest BCUT2D eigenvalue weighted by molar-refractivity contribution is 0.223. The minimum atomic E-state index is 0.655. The van der Waals surface area contributed by atoms with Gasteiger partial charge in [0, 0.05) is 25.6 Å². The highest BCUT2D eigenvalue weighted by molar-refractivity contribution is 7.80. The predicted octanol–water partition coefficient (Wildman–Crippen LogP) is 0.833. The van der Waals surface area contributed by atoms with E-state index in [0.717, 1.165) is 19.0 Å². The molecule has 2 saturated heterocycles. The normalized spacial score (nSPS) is 28.7. The smallest absolute Gasteiger partial charge is 0.0740 e. The quantitative estimate of drug-likeness (QED) is 0.724. The van der Waals surface area contributed by atoms with Crippen LogP contribution in [-0.4, -0.2) is 53.6 Å². The van der Waals surface area contributed by atoms with Crippen LogP contribution < -0.4 is 5.73 Å². The average molecular weight is 227 g/mol. The molecule has 2 aliphatic rings. The first-order chi connectivity index (χ1) is 7.25. The fraction of sp³-hybridized carbons (Fsp3) is 0.909. The van der Waals surface area contributed by atoms with E-state index < -0.39 is 0 Å². The van der Waals surface area contributed by atoms with Gasteiger partial charge in [-0.25, -0.2) is 0 Å². The van der Waals surface area contributed by atoms with Crippen molar-refractivity contribution in [2.75, 3.05) is 32.7 Å². The topological polar surface area (TPSA) is 32.5 Å². The Bertz CT molecular complexity index is 232. The molecule has 0 amide bonds. The van der Waals surface area contributed by atoms with E-state index in [1.807, 2.05) is 0 Å². The van der Waals surface area contributed by atoms with Crippen LogP contribution in [0, 0.1) is 0 Å². The lowest BCUT2D eigenvalue weighted by atomic mass is 10.2. The van der Waals surface area contributed by atoms with Crippen molar-refractivity contribution in [1.82, 2.24) is 9.80 Å². The molecule has 0 aromatic heterocycles. The Kier molecular flexibility index (Phi) is 3.94. The van der Waals surface area contributed by atoms with Crippen LogP contribution in [0.5, 0.6) is 0 Å². The lowest BCUT2D eigenvalue weighted by Crippen LogP contribution is -2.37. The van der Waals surface area contributed by atoms with Crippen molar-refractivity contribution in [3.63, 3.8) is 0 Å². The Morgan fingerprint density at radius 1 is 1.27 bits per heavy atom. The molecule has 0 aromatic rings. The summed E-state index contributed by atoms with van der Waals surface area (Å²) >= 11 is 4.93. The van der Waals surface area contributed by atoms with Crippen LogP contribution >= 0.6 is 12.2 Å². The SMILES string of the molecule is NC(=S)CCN1CCCN2CCCC2C1. The molecule has 0 aromatic carbocycles. The Morgan fingerprint density at radius 2 is 2.07 bits per heavy atom. The van der Waals surface area contributed by atoms with Crippen LogP contribution in [0.3, 0.4) is 0 Å². The summed E-state index contributed by atoms with van der Waals surface area (Å²) in [4.78, 5) is 5.85. The van der Waals surface area contributed by atoms with Gasteiger partial charge in [0.1, 0.15) is 0 Å². The van der Waals surface area contributed by atoms with Crippen molar-refractivity contribution in [2.45, 2.75) is 31.7 Å². The number of hydrogen-bond donors (Lipinski definition) is 1. The maximum atomic E-state index is 5.55. The van der Waals surface area contributed by atoms with Crippen molar-refractivity contribution in [3.05, 3.63) is 0 Å². The molecule has 2 N–H and O–H groups in total. The van der Waals surface area contributed by atoms with Gasteiger partial charge < -0.3 is 10.6 Å². The standard InChI is InChI=1S/C11H21N3S/c12-11(15)4-8-13-5-2-7-14-6-1-3-10(14)9-13/h10H,1-9H2,(H2,12,15). The number of rotatable bonds is 3. The summed E-state index contributed by atoms with van der Waals surface area (Å²) in [6.45, 7) is 6.10. The van der Waals surface area contributed by atoms with E-state index in [1.165, 1.54) is 45.4 Å². The summed E-state index contributed by atoms with van der Waals surface area (Å²) in [6.07, 6.45) is 4.94. The molecular weight excluding hydrogens is 206 g/mol. The molecule has 1 unspecified atom stereocenters. The maximum absolute atomic E-state index is 5.55. The predicted molar refractivity (Wildman–Crippen MR) is 67.1 cm³/mol. The van der Waals surface area contributed by atoms with Crippen LogP contribution in [0.2, 0.25) is 0 Å². The highest BCUT2D eigenvalue weighted by atomic mass is 32.1. The van der Waals surface area contributed by atoms with Gasteiger partial charge >= 0.3 is 0 Å². The van der Waals surface area contributed by atoms with Crippen LogP contribution in [0.1, 0.15) is 25.7 Å². The maximum Gasteiger partial charge on any atom is 0.0740 e. The first-order valence-corrected chi connectivity index (χ1v) is 6.41. The molecule has 4 heteroatoms. The van der Waals surface area contributed by atoms with Crippen LogP contribution in [0.15, 0.2) is 0 Å². The lowest BCUT2D eigenvalue weighted by Gasteiger charge is -2.25. The van der Waals surface area contributed by atoms with E-state index in [4.69, 9.17) is 18.0 Å². The van der Waals surface area contributed by atoms with E-state index >= 15 is 0 Å². The van der Waals surface area contributed by atoms with E-state index in [1.54, 1.807) is 0 Å². The molecule has 2 fully saturated rings. The third-order valence-corrected chi connectivity index (χ3v) is 3.77. The Balaban J connectivity index is 1.82. The van der Waals surface area contributed by atoms with Gasteiger partial charge in [-0.1, -0.05) is 12.2 Å². The van der Waals surface area contributed by atoms with Gasteiger partial charge in [-0.2, -0.15) is 0 Å². The third-order valence-electron chi connectivity index (χ3n) is 3.56. The van der Waals surface area contributed by atoms with Gasteiger partial charge in [-0.05, 0) is 38.9 Å². The molecule has 1 atom stereocenters. The molecule has 86 valence electrons. The van der Waals surface area contributed by atoms with Crippen LogP contribution in [0.25, 0.3) is 0 Å². The first-order valence-electron chi connectivity index (χ1n) is 6.00. The molecule has 2 rings (SSSR count). The zero-order valence-electron chi connectivity index (χ0n) is 9.32. The van der Waals surface area contributed by atoms with Crippen molar-refractivity contribution in [3.8, 4) is 0 Å². The molecule has 0 radical (unpaired) electrons. The van der Waals surface area contributed by atoms with Crippen molar-refractivity contribution >= 4 is 17.2 Å². The first kappa shape index (κ1) is 11.3. The number of thiocarbonyl (C=S) groups is 1. The number of fused-ring (bicyclic) bond motifs is 1. The molecule has 2 aliphatic heterocycles. The summed E-state index contributed by atoms with van der Waals surface area (Å²) in [6, 6.07) is 0.804. The number of nitrogens with two attached hydrogens (primary N) is 1. The molecule has 15 heavy (non-hydrogen) atoms. The second-order valence-corrected chi connectivity index (χ2v) is 5.23. The fourth-order valence-corrected chi connectivity index (χ4v) is 2.85. The van der Waals surface area contributed by atoms with Gasteiger partial charge in [0.2, 0.25) is 0 Å². The summed E-state index contributed by atoms with van der Waals surface area (Å²) in [5.41, 5.74) is 5.55. The Hall–Kier alpha value is -0.190. The van der Waals surface area contributed by atoms with Gasteiger partial charge in [0.25, 0.3) is 0 Å². The molecule has 0 saturated carbocycles. The molecule has 0 spiro atoms. The van der Waals surface area contributed by atoms with Crippen LogP contribution in [-0.2, 0) is 0 Å².